The summed E-state index contributed by atoms with van der Waals surface area (Å²) < 4.78 is 6.26. The Balaban J connectivity index is 1.75. The smallest absolute Gasteiger partial charge is 0.187 e. The number of hydrogen-bond donors (Lipinski definition) is 0. The SMILES string of the molecule is CCC[C@H]1Oc2c(Cl)cc(Cl)cc2[C@@H]2CC(CC[C@@H](C)[C@@H](C)[C@@H](C)CC)=NN12. The quantitative estimate of drug-likeness (QED) is 0.426. The zero-order valence-electron chi connectivity index (χ0n) is 17.8. The van der Waals surface area contributed by atoms with Crippen molar-refractivity contribution < 1.29 is 4.74 Å². The zero-order chi connectivity index (χ0) is 20.4. The fourth-order valence-electron chi connectivity index (χ4n) is 4.43. The first-order chi connectivity index (χ1) is 13.3. The highest BCUT2D eigenvalue weighted by atomic mass is 35.5. The van der Waals surface area contributed by atoms with Gasteiger partial charge in [-0.1, -0.05) is 70.7 Å². The number of hydrazone groups is 1. The van der Waals surface area contributed by atoms with E-state index in [0.29, 0.717) is 16.0 Å². The molecular weight excluding hydrogens is 391 g/mol. The molecule has 0 aromatic heterocycles. The summed E-state index contributed by atoms with van der Waals surface area (Å²) in [6, 6.07) is 3.96. The van der Waals surface area contributed by atoms with Crippen LogP contribution in [0, 0.1) is 17.8 Å². The van der Waals surface area contributed by atoms with Crippen LogP contribution >= 0.6 is 23.2 Å². The van der Waals surface area contributed by atoms with Crippen molar-refractivity contribution in [1.29, 1.82) is 0 Å². The standard InChI is InChI=1S/C23H34Cl2N2O/c1-6-8-22-27-21(19-11-17(24)12-20(25)23(19)28-22)13-18(26-27)10-9-15(4)16(5)14(3)7-2/h11-12,14-16,21-22H,6-10,13H2,1-5H3/t14-,15+,16-,21-,22+/m0/s1. The van der Waals surface area contributed by atoms with Gasteiger partial charge in [0.2, 0.25) is 0 Å². The van der Waals surface area contributed by atoms with E-state index >= 15 is 0 Å². The van der Waals surface area contributed by atoms with Crippen molar-refractivity contribution in [3.05, 3.63) is 27.7 Å². The molecule has 2 aliphatic rings. The minimum absolute atomic E-state index is 0.0462. The maximum absolute atomic E-state index is 6.46. The van der Waals surface area contributed by atoms with Crippen molar-refractivity contribution in [2.24, 2.45) is 22.9 Å². The molecule has 0 radical (unpaired) electrons. The molecular formula is C23H34Cl2N2O. The predicted molar refractivity (Wildman–Crippen MR) is 119 cm³/mol. The van der Waals surface area contributed by atoms with Crippen LogP contribution in [0.15, 0.2) is 17.2 Å². The molecule has 2 aliphatic heterocycles. The Labute approximate surface area is 180 Å². The van der Waals surface area contributed by atoms with E-state index in [1.54, 1.807) is 6.07 Å². The van der Waals surface area contributed by atoms with Gasteiger partial charge in [-0.15, -0.1) is 0 Å². The molecule has 0 N–H and O–H groups in total. The normalized spacial score (nSPS) is 24.1. The van der Waals surface area contributed by atoms with Crippen LogP contribution in [0.2, 0.25) is 10.0 Å². The molecule has 0 saturated carbocycles. The van der Waals surface area contributed by atoms with E-state index in [2.05, 4.69) is 39.6 Å². The Morgan fingerprint density at radius 3 is 2.61 bits per heavy atom. The number of nitrogens with zero attached hydrogens (tertiary/aromatic N) is 2. The lowest BCUT2D eigenvalue weighted by molar-refractivity contribution is -0.0222. The number of hydrogen-bond acceptors (Lipinski definition) is 3. The second kappa shape index (κ2) is 9.26. The van der Waals surface area contributed by atoms with Crippen LogP contribution in [-0.4, -0.2) is 16.9 Å². The summed E-state index contributed by atoms with van der Waals surface area (Å²) in [4.78, 5) is 0. The van der Waals surface area contributed by atoms with Crippen molar-refractivity contribution in [2.45, 2.75) is 85.4 Å². The maximum Gasteiger partial charge on any atom is 0.187 e. The molecule has 3 rings (SSSR count). The summed E-state index contributed by atoms with van der Waals surface area (Å²) in [7, 11) is 0. The largest absolute Gasteiger partial charge is 0.467 e. The predicted octanol–water partition coefficient (Wildman–Crippen LogP) is 7.71. The number of ether oxygens (including phenoxy) is 1. The van der Waals surface area contributed by atoms with E-state index in [9.17, 15) is 0 Å². The van der Waals surface area contributed by atoms with Crippen LogP contribution in [0.5, 0.6) is 5.75 Å². The van der Waals surface area contributed by atoms with E-state index in [-0.39, 0.29) is 12.3 Å². The Kier molecular flexibility index (Phi) is 7.20. The highest BCUT2D eigenvalue weighted by Gasteiger charge is 2.40. The van der Waals surface area contributed by atoms with E-state index in [4.69, 9.17) is 33.0 Å². The average Bonchev–Trinajstić information content (AvgIpc) is 3.10. The molecule has 0 spiro atoms. The molecule has 156 valence electrons. The van der Waals surface area contributed by atoms with Gasteiger partial charge in [-0.2, -0.15) is 5.10 Å². The lowest BCUT2D eigenvalue weighted by Gasteiger charge is -2.38. The molecule has 2 heterocycles. The van der Waals surface area contributed by atoms with E-state index in [1.807, 2.05) is 6.07 Å². The Hall–Kier alpha value is -0.930. The molecule has 28 heavy (non-hydrogen) atoms. The molecule has 0 bridgehead atoms. The Morgan fingerprint density at radius 1 is 1.18 bits per heavy atom. The molecule has 0 fully saturated rings. The molecule has 5 atom stereocenters. The van der Waals surface area contributed by atoms with Crippen molar-refractivity contribution in [3.8, 4) is 5.75 Å². The highest BCUT2D eigenvalue weighted by Crippen LogP contribution is 2.47. The lowest BCUT2D eigenvalue weighted by Crippen LogP contribution is -2.40. The first kappa shape index (κ1) is 21.8. The minimum atomic E-state index is -0.0462. The van der Waals surface area contributed by atoms with Gasteiger partial charge in [0, 0.05) is 29.1 Å². The van der Waals surface area contributed by atoms with Crippen LogP contribution in [0.1, 0.15) is 84.7 Å². The van der Waals surface area contributed by atoms with Gasteiger partial charge in [-0.3, -0.25) is 5.01 Å². The van der Waals surface area contributed by atoms with Crippen molar-refractivity contribution in [1.82, 2.24) is 5.01 Å². The monoisotopic (exact) mass is 424 g/mol. The van der Waals surface area contributed by atoms with Crippen molar-refractivity contribution >= 4 is 28.9 Å². The van der Waals surface area contributed by atoms with Gasteiger partial charge >= 0.3 is 0 Å². The van der Waals surface area contributed by atoms with Crippen molar-refractivity contribution in [2.75, 3.05) is 0 Å². The fraction of sp³-hybridized carbons (Fsp3) is 0.696. The third-order valence-electron chi connectivity index (χ3n) is 6.81. The maximum atomic E-state index is 6.46. The molecule has 1 aromatic rings. The molecule has 0 amide bonds. The molecule has 5 heteroatoms. The fourth-order valence-corrected chi connectivity index (χ4v) is 4.98. The molecule has 0 unspecified atom stereocenters. The van der Waals surface area contributed by atoms with Crippen LogP contribution in [0.25, 0.3) is 0 Å². The first-order valence-corrected chi connectivity index (χ1v) is 11.6. The second-order valence-electron chi connectivity index (χ2n) is 8.69. The summed E-state index contributed by atoms with van der Waals surface area (Å²) >= 11 is 12.7. The number of benzene rings is 1. The van der Waals surface area contributed by atoms with E-state index in [0.717, 1.165) is 48.8 Å². The van der Waals surface area contributed by atoms with Gasteiger partial charge in [0.15, 0.2) is 6.23 Å². The summed E-state index contributed by atoms with van der Waals surface area (Å²) in [5.41, 5.74) is 2.35. The Morgan fingerprint density at radius 2 is 1.93 bits per heavy atom. The molecule has 0 saturated heterocycles. The molecule has 1 aromatic carbocycles. The third kappa shape index (κ3) is 4.46. The zero-order valence-corrected chi connectivity index (χ0v) is 19.4. The molecule has 0 aliphatic carbocycles. The van der Waals surface area contributed by atoms with Crippen LogP contribution in [0.3, 0.4) is 0 Å². The summed E-state index contributed by atoms with van der Waals surface area (Å²) in [5.74, 6) is 3.00. The topological polar surface area (TPSA) is 24.8 Å². The second-order valence-corrected chi connectivity index (χ2v) is 9.54. The van der Waals surface area contributed by atoms with Gasteiger partial charge in [-0.25, -0.2) is 0 Å². The third-order valence-corrected chi connectivity index (χ3v) is 7.31. The van der Waals surface area contributed by atoms with E-state index in [1.165, 1.54) is 18.6 Å². The van der Waals surface area contributed by atoms with Gasteiger partial charge < -0.3 is 4.74 Å². The number of rotatable bonds is 8. The first-order valence-electron chi connectivity index (χ1n) is 10.9. The van der Waals surface area contributed by atoms with Gasteiger partial charge in [-0.05, 0) is 42.7 Å². The van der Waals surface area contributed by atoms with E-state index < -0.39 is 0 Å². The summed E-state index contributed by atoms with van der Waals surface area (Å²) in [6.07, 6.45) is 6.37. The highest BCUT2D eigenvalue weighted by molar-refractivity contribution is 6.35. The number of fused-ring (bicyclic) bond motifs is 3. The Bertz CT molecular complexity index is 721. The average molecular weight is 425 g/mol. The summed E-state index contributed by atoms with van der Waals surface area (Å²) in [5, 5.41) is 8.43. The number of halogens is 2. The van der Waals surface area contributed by atoms with Gasteiger partial charge in [0.25, 0.3) is 0 Å². The molecule has 3 nitrogen and oxygen atoms in total. The van der Waals surface area contributed by atoms with Gasteiger partial charge in [0.1, 0.15) is 5.75 Å². The minimum Gasteiger partial charge on any atom is -0.467 e. The van der Waals surface area contributed by atoms with Crippen LogP contribution < -0.4 is 4.74 Å². The van der Waals surface area contributed by atoms with Gasteiger partial charge in [0.05, 0.1) is 11.1 Å². The summed E-state index contributed by atoms with van der Waals surface area (Å²) in [6.45, 7) is 11.6. The van der Waals surface area contributed by atoms with Crippen LogP contribution in [0.4, 0.5) is 0 Å². The lowest BCUT2D eigenvalue weighted by atomic mass is 9.81. The van der Waals surface area contributed by atoms with Crippen LogP contribution in [-0.2, 0) is 0 Å². The van der Waals surface area contributed by atoms with Crippen molar-refractivity contribution in [3.63, 3.8) is 0 Å².